The van der Waals surface area contributed by atoms with Gasteiger partial charge in [0.1, 0.15) is 0 Å². The van der Waals surface area contributed by atoms with Gasteiger partial charge in [-0.05, 0) is 12.5 Å². The van der Waals surface area contributed by atoms with Gasteiger partial charge in [0.25, 0.3) is 0 Å². The molecular formula is C11H14O3. The molecule has 14 heavy (non-hydrogen) atoms. The lowest BCUT2D eigenvalue weighted by molar-refractivity contribution is -0.137. The van der Waals surface area contributed by atoms with Crippen molar-refractivity contribution in [2.75, 3.05) is 6.61 Å². The Morgan fingerprint density at radius 2 is 2.21 bits per heavy atom. The van der Waals surface area contributed by atoms with Crippen molar-refractivity contribution < 1.29 is 15.0 Å². The predicted octanol–water partition coefficient (Wildman–Crippen LogP) is 1.55. The molecule has 0 radical (unpaired) electrons. The van der Waals surface area contributed by atoms with Crippen LogP contribution in [0.25, 0.3) is 0 Å². The van der Waals surface area contributed by atoms with Gasteiger partial charge in [-0.1, -0.05) is 29.8 Å². The third-order valence-electron chi connectivity index (χ3n) is 2.15. The molecule has 0 aliphatic heterocycles. The lowest BCUT2D eigenvalue weighted by atomic mass is 9.95. The van der Waals surface area contributed by atoms with E-state index in [1.165, 1.54) is 0 Å². The fourth-order valence-electron chi connectivity index (χ4n) is 1.42. The van der Waals surface area contributed by atoms with Crippen LogP contribution < -0.4 is 0 Å². The third kappa shape index (κ3) is 2.85. The molecule has 0 saturated carbocycles. The van der Waals surface area contributed by atoms with E-state index in [4.69, 9.17) is 10.2 Å². The molecule has 0 fully saturated rings. The number of carboxylic acids is 1. The maximum absolute atomic E-state index is 10.5. The first-order chi connectivity index (χ1) is 6.63. The van der Waals surface area contributed by atoms with E-state index >= 15 is 0 Å². The average molecular weight is 194 g/mol. The highest BCUT2D eigenvalue weighted by atomic mass is 16.4. The summed E-state index contributed by atoms with van der Waals surface area (Å²) in [5.74, 6) is -1.18. The monoisotopic (exact) mass is 194 g/mol. The molecule has 0 spiro atoms. The largest absolute Gasteiger partial charge is 0.481 e. The van der Waals surface area contributed by atoms with Crippen molar-refractivity contribution in [1.29, 1.82) is 0 Å². The number of benzene rings is 1. The number of aliphatic carboxylic acids is 1. The zero-order valence-corrected chi connectivity index (χ0v) is 8.10. The van der Waals surface area contributed by atoms with Crippen molar-refractivity contribution in [3.63, 3.8) is 0 Å². The molecule has 0 aromatic heterocycles. The maximum Gasteiger partial charge on any atom is 0.304 e. The number of carbonyl (C=O) groups is 1. The molecule has 0 amide bonds. The summed E-state index contributed by atoms with van der Waals surface area (Å²) < 4.78 is 0. The first-order valence-corrected chi connectivity index (χ1v) is 4.52. The van der Waals surface area contributed by atoms with Crippen molar-refractivity contribution >= 4 is 5.97 Å². The van der Waals surface area contributed by atoms with Gasteiger partial charge in [0, 0.05) is 5.92 Å². The topological polar surface area (TPSA) is 57.5 Å². The number of rotatable bonds is 4. The van der Waals surface area contributed by atoms with E-state index in [9.17, 15) is 4.79 Å². The van der Waals surface area contributed by atoms with Crippen LogP contribution in [0.4, 0.5) is 0 Å². The van der Waals surface area contributed by atoms with Crippen molar-refractivity contribution in [2.24, 2.45) is 0 Å². The minimum absolute atomic E-state index is 0.0278. The number of hydrogen-bond acceptors (Lipinski definition) is 2. The molecule has 2 N–H and O–H groups in total. The van der Waals surface area contributed by atoms with Crippen LogP contribution in [0, 0.1) is 6.92 Å². The second kappa shape index (κ2) is 4.77. The summed E-state index contributed by atoms with van der Waals surface area (Å²) in [6.07, 6.45) is -0.0278. The van der Waals surface area contributed by atoms with Gasteiger partial charge in [0.2, 0.25) is 0 Å². The lowest BCUT2D eigenvalue weighted by Crippen LogP contribution is -2.10. The number of hydrogen-bond donors (Lipinski definition) is 2. The summed E-state index contributed by atoms with van der Waals surface area (Å²) in [5.41, 5.74) is 1.96. The van der Waals surface area contributed by atoms with Crippen LogP contribution in [0.3, 0.4) is 0 Å². The normalized spacial score (nSPS) is 12.4. The Kier molecular flexibility index (Phi) is 3.65. The SMILES string of the molecule is Cc1cccc(C(CO)CC(=O)O)c1. The van der Waals surface area contributed by atoms with E-state index in [2.05, 4.69) is 0 Å². The summed E-state index contributed by atoms with van der Waals surface area (Å²) >= 11 is 0. The first-order valence-electron chi connectivity index (χ1n) is 4.52. The van der Waals surface area contributed by atoms with Gasteiger partial charge in [-0.2, -0.15) is 0 Å². The van der Waals surface area contributed by atoms with E-state index in [1.54, 1.807) is 0 Å². The molecule has 3 nitrogen and oxygen atoms in total. The second-order valence-electron chi connectivity index (χ2n) is 3.39. The Labute approximate surface area is 83.0 Å². The van der Waals surface area contributed by atoms with E-state index in [0.717, 1.165) is 11.1 Å². The number of carboxylic acid groups (broad SMARTS) is 1. The van der Waals surface area contributed by atoms with Crippen LogP contribution in [0.1, 0.15) is 23.5 Å². The molecule has 1 rings (SSSR count). The average Bonchev–Trinajstić information content (AvgIpc) is 2.14. The summed E-state index contributed by atoms with van der Waals surface area (Å²) in [5, 5.41) is 17.7. The Hall–Kier alpha value is -1.35. The highest BCUT2D eigenvalue weighted by molar-refractivity contribution is 5.68. The summed E-state index contributed by atoms with van der Waals surface area (Å²) in [7, 11) is 0. The molecule has 0 bridgehead atoms. The van der Waals surface area contributed by atoms with Crippen LogP contribution >= 0.6 is 0 Å². The van der Waals surface area contributed by atoms with Gasteiger partial charge < -0.3 is 10.2 Å². The van der Waals surface area contributed by atoms with Gasteiger partial charge in [0.05, 0.1) is 13.0 Å². The predicted molar refractivity (Wildman–Crippen MR) is 53.3 cm³/mol. The molecular weight excluding hydrogens is 180 g/mol. The summed E-state index contributed by atoms with van der Waals surface area (Å²) in [6, 6.07) is 7.56. The third-order valence-corrected chi connectivity index (χ3v) is 2.15. The Bertz CT molecular complexity index is 320. The number of aliphatic hydroxyl groups is 1. The molecule has 76 valence electrons. The maximum atomic E-state index is 10.5. The quantitative estimate of drug-likeness (QED) is 0.764. The Balaban J connectivity index is 2.83. The van der Waals surface area contributed by atoms with Crippen LogP contribution in [0.2, 0.25) is 0 Å². The summed E-state index contributed by atoms with van der Waals surface area (Å²) in [6.45, 7) is 1.81. The molecule has 1 aromatic rings. The van der Waals surface area contributed by atoms with Gasteiger partial charge in [-0.15, -0.1) is 0 Å². The summed E-state index contributed by atoms with van der Waals surface area (Å²) in [4.78, 5) is 10.5. The molecule has 0 aliphatic carbocycles. The Morgan fingerprint density at radius 3 is 2.71 bits per heavy atom. The molecule has 0 aliphatic rings. The molecule has 0 heterocycles. The van der Waals surface area contributed by atoms with Crippen molar-refractivity contribution in [3.8, 4) is 0 Å². The van der Waals surface area contributed by atoms with Crippen LogP contribution in [0.5, 0.6) is 0 Å². The zero-order valence-electron chi connectivity index (χ0n) is 8.10. The highest BCUT2D eigenvalue weighted by Crippen LogP contribution is 2.19. The zero-order chi connectivity index (χ0) is 10.6. The van der Waals surface area contributed by atoms with E-state index < -0.39 is 5.97 Å². The van der Waals surface area contributed by atoms with Crippen molar-refractivity contribution in [2.45, 2.75) is 19.3 Å². The molecule has 1 atom stereocenters. The van der Waals surface area contributed by atoms with Gasteiger partial charge >= 0.3 is 5.97 Å². The minimum Gasteiger partial charge on any atom is -0.481 e. The van der Waals surface area contributed by atoms with Crippen LogP contribution in [0.15, 0.2) is 24.3 Å². The minimum atomic E-state index is -0.884. The Morgan fingerprint density at radius 1 is 1.50 bits per heavy atom. The van der Waals surface area contributed by atoms with Gasteiger partial charge in [-0.3, -0.25) is 4.79 Å². The molecule has 1 aromatic carbocycles. The molecule has 3 heteroatoms. The second-order valence-corrected chi connectivity index (χ2v) is 3.39. The van der Waals surface area contributed by atoms with Crippen molar-refractivity contribution in [1.82, 2.24) is 0 Å². The number of aliphatic hydroxyl groups excluding tert-OH is 1. The highest BCUT2D eigenvalue weighted by Gasteiger charge is 2.14. The van der Waals surface area contributed by atoms with Gasteiger partial charge in [-0.25, -0.2) is 0 Å². The fourth-order valence-corrected chi connectivity index (χ4v) is 1.42. The van der Waals surface area contributed by atoms with Gasteiger partial charge in [0.15, 0.2) is 0 Å². The molecule has 1 unspecified atom stereocenters. The van der Waals surface area contributed by atoms with Crippen LogP contribution in [-0.2, 0) is 4.79 Å². The number of aryl methyl sites for hydroxylation is 1. The fraction of sp³-hybridized carbons (Fsp3) is 0.364. The first kappa shape index (κ1) is 10.7. The lowest BCUT2D eigenvalue weighted by Gasteiger charge is -2.12. The van der Waals surface area contributed by atoms with E-state index in [-0.39, 0.29) is 18.9 Å². The molecule has 0 saturated heterocycles. The van der Waals surface area contributed by atoms with E-state index in [0.29, 0.717) is 0 Å². The standard InChI is InChI=1S/C11H14O3/c1-8-3-2-4-9(5-8)10(7-12)6-11(13)14/h2-5,10,12H,6-7H2,1H3,(H,13,14). The van der Waals surface area contributed by atoms with Crippen molar-refractivity contribution in [3.05, 3.63) is 35.4 Å². The smallest absolute Gasteiger partial charge is 0.304 e. The van der Waals surface area contributed by atoms with E-state index in [1.807, 2.05) is 31.2 Å². The van der Waals surface area contributed by atoms with Crippen LogP contribution in [-0.4, -0.2) is 22.8 Å².